The Hall–Kier alpha value is -3.87. The first-order valence-electron chi connectivity index (χ1n) is 15.5. The van der Waals surface area contributed by atoms with E-state index in [1.54, 1.807) is 37.3 Å². The number of halogens is 2. The molecule has 2 saturated heterocycles. The highest BCUT2D eigenvalue weighted by atomic mass is 19.3. The molecule has 3 aromatic rings. The van der Waals surface area contributed by atoms with E-state index in [-0.39, 0.29) is 41.3 Å². The lowest BCUT2D eigenvalue weighted by Gasteiger charge is -2.33. The summed E-state index contributed by atoms with van der Waals surface area (Å²) in [5.74, 6) is 0.994. The van der Waals surface area contributed by atoms with E-state index in [1.165, 1.54) is 4.57 Å². The maximum Gasteiger partial charge on any atom is 0.296 e. The number of piperidine rings is 1. The van der Waals surface area contributed by atoms with Crippen molar-refractivity contribution in [3.63, 3.8) is 0 Å². The molecule has 11 nitrogen and oxygen atoms in total. The highest BCUT2D eigenvalue weighted by Crippen LogP contribution is 2.32. The molecule has 3 fully saturated rings. The number of likely N-dealkylation sites (tertiary alicyclic amines) is 1. The number of anilines is 1. The standard InChI is InChI=1S/C31H39F2N7O4/c1-20(41)38-12-10-23(11-13-38)34-30(42)22-8-6-21(7-9-22)19-44-27-18-26(36-31(37-27)39-14-16-43-17-15-39)40-25-5-3-2-4-24(25)35-29(40)28(32)33/h2-5,18,21-23,28H,6-17,19H2,1H3,(H,34,42). The van der Waals surface area contributed by atoms with Gasteiger partial charge in [0.2, 0.25) is 23.6 Å². The molecule has 0 radical (unpaired) electrons. The number of hydrogen-bond acceptors (Lipinski definition) is 8. The minimum Gasteiger partial charge on any atom is -0.477 e. The summed E-state index contributed by atoms with van der Waals surface area (Å²) in [7, 11) is 0. The van der Waals surface area contributed by atoms with E-state index in [2.05, 4.69) is 20.3 Å². The minimum absolute atomic E-state index is 0.0297. The van der Waals surface area contributed by atoms with Gasteiger partial charge < -0.3 is 24.6 Å². The predicted octanol–water partition coefficient (Wildman–Crippen LogP) is 3.90. The van der Waals surface area contributed by atoms with Crippen LogP contribution in [-0.4, -0.2) is 88.3 Å². The third-order valence-electron chi connectivity index (χ3n) is 8.95. The van der Waals surface area contributed by atoms with Crippen LogP contribution in [0.3, 0.4) is 0 Å². The topological polar surface area (TPSA) is 115 Å². The van der Waals surface area contributed by atoms with Crippen molar-refractivity contribution >= 4 is 28.8 Å². The molecule has 2 aliphatic heterocycles. The lowest BCUT2D eigenvalue weighted by Crippen LogP contribution is -2.47. The van der Waals surface area contributed by atoms with E-state index in [0.29, 0.717) is 68.9 Å². The van der Waals surface area contributed by atoms with Crippen LogP contribution >= 0.6 is 0 Å². The molecular weight excluding hydrogens is 572 g/mol. The van der Waals surface area contributed by atoms with Gasteiger partial charge in [-0.15, -0.1) is 0 Å². The van der Waals surface area contributed by atoms with Gasteiger partial charge in [-0.25, -0.2) is 13.8 Å². The van der Waals surface area contributed by atoms with Crippen LogP contribution < -0.4 is 15.0 Å². The SMILES string of the molecule is CC(=O)N1CCC(NC(=O)C2CCC(COc3cc(-n4c(C(F)F)nc5ccccc54)nc(N4CCOCC4)n3)CC2)CC1. The molecule has 1 aromatic carbocycles. The number of para-hydroxylation sites is 2. The van der Waals surface area contributed by atoms with Gasteiger partial charge in [-0.05, 0) is 56.6 Å². The first kappa shape index (κ1) is 30.2. The number of benzene rings is 1. The molecule has 4 heterocycles. The van der Waals surface area contributed by atoms with Crippen molar-refractivity contribution < 1.29 is 27.8 Å². The van der Waals surface area contributed by atoms with Gasteiger partial charge in [-0.1, -0.05) is 12.1 Å². The lowest BCUT2D eigenvalue weighted by molar-refractivity contribution is -0.130. The number of amides is 2. The molecule has 1 saturated carbocycles. The van der Waals surface area contributed by atoms with Crippen molar-refractivity contribution in [3.05, 3.63) is 36.2 Å². The Morgan fingerprint density at radius 1 is 1.00 bits per heavy atom. The van der Waals surface area contributed by atoms with Crippen molar-refractivity contribution in [2.75, 3.05) is 50.9 Å². The number of alkyl halides is 2. The Bertz CT molecular complexity index is 1460. The van der Waals surface area contributed by atoms with Crippen LogP contribution in [0.15, 0.2) is 30.3 Å². The second kappa shape index (κ2) is 13.4. The summed E-state index contributed by atoms with van der Waals surface area (Å²) in [5.41, 5.74) is 0.987. The predicted molar refractivity (Wildman–Crippen MR) is 159 cm³/mol. The maximum absolute atomic E-state index is 14.1. The maximum atomic E-state index is 14.1. The fourth-order valence-corrected chi connectivity index (χ4v) is 6.38. The Balaban J connectivity index is 1.12. The second-order valence-corrected chi connectivity index (χ2v) is 11.9. The van der Waals surface area contributed by atoms with Gasteiger partial charge in [0.15, 0.2) is 5.82 Å². The number of morpholine rings is 1. The van der Waals surface area contributed by atoms with Crippen LogP contribution in [0.5, 0.6) is 5.88 Å². The number of aromatic nitrogens is 4. The summed E-state index contributed by atoms with van der Waals surface area (Å²) in [6, 6.07) is 8.71. The first-order valence-corrected chi connectivity index (χ1v) is 15.5. The van der Waals surface area contributed by atoms with Gasteiger partial charge in [-0.2, -0.15) is 9.97 Å². The summed E-state index contributed by atoms with van der Waals surface area (Å²) < 4.78 is 41.3. The van der Waals surface area contributed by atoms with Crippen LogP contribution in [0, 0.1) is 11.8 Å². The fraction of sp³-hybridized carbons (Fsp3) is 0.581. The summed E-state index contributed by atoms with van der Waals surface area (Å²) >= 11 is 0. The van der Waals surface area contributed by atoms with Gasteiger partial charge in [-0.3, -0.25) is 14.2 Å². The molecular formula is C31H39F2N7O4. The van der Waals surface area contributed by atoms with Gasteiger partial charge in [0.05, 0.1) is 30.9 Å². The average Bonchev–Trinajstić information content (AvgIpc) is 3.45. The average molecular weight is 612 g/mol. The summed E-state index contributed by atoms with van der Waals surface area (Å²) in [4.78, 5) is 41.9. The van der Waals surface area contributed by atoms with E-state index in [0.717, 1.165) is 38.5 Å². The molecule has 6 rings (SSSR count). The van der Waals surface area contributed by atoms with E-state index in [9.17, 15) is 18.4 Å². The zero-order chi connectivity index (χ0) is 30.6. The summed E-state index contributed by atoms with van der Waals surface area (Å²) in [6.07, 6.45) is 2.02. The molecule has 1 N–H and O–H groups in total. The highest BCUT2D eigenvalue weighted by Gasteiger charge is 2.30. The van der Waals surface area contributed by atoms with E-state index in [1.807, 2.05) is 9.80 Å². The molecule has 2 amide bonds. The second-order valence-electron chi connectivity index (χ2n) is 11.9. The summed E-state index contributed by atoms with van der Waals surface area (Å²) in [6.45, 7) is 5.56. The molecule has 0 atom stereocenters. The van der Waals surface area contributed by atoms with Crippen molar-refractivity contribution in [2.24, 2.45) is 11.8 Å². The Morgan fingerprint density at radius 3 is 2.43 bits per heavy atom. The zero-order valence-corrected chi connectivity index (χ0v) is 25.0. The van der Waals surface area contributed by atoms with E-state index in [4.69, 9.17) is 9.47 Å². The molecule has 236 valence electrons. The minimum atomic E-state index is -2.80. The van der Waals surface area contributed by atoms with Crippen LogP contribution in [-0.2, 0) is 14.3 Å². The van der Waals surface area contributed by atoms with Crippen molar-refractivity contribution in [1.29, 1.82) is 0 Å². The third kappa shape index (κ3) is 6.77. The number of rotatable bonds is 8. The van der Waals surface area contributed by atoms with Crippen LogP contribution in [0.1, 0.15) is 57.7 Å². The number of nitrogens with zero attached hydrogens (tertiary/aromatic N) is 6. The molecule has 0 spiro atoms. The highest BCUT2D eigenvalue weighted by molar-refractivity contribution is 5.79. The van der Waals surface area contributed by atoms with Crippen LogP contribution in [0.2, 0.25) is 0 Å². The van der Waals surface area contributed by atoms with Crippen LogP contribution in [0.25, 0.3) is 16.9 Å². The monoisotopic (exact) mass is 611 g/mol. The third-order valence-corrected chi connectivity index (χ3v) is 8.95. The molecule has 1 aliphatic carbocycles. The van der Waals surface area contributed by atoms with Crippen molar-refractivity contribution in [2.45, 2.75) is 57.9 Å². The van der Waals surface area contributed by atoms with Crippen molar-refractivity contribution in [3.8, 4) is 11.7 Å². The molecule has 2 aromatic heterocycles. The first-order chi connectivity index (χ1) is 21.4. The number of nitrogens with one attached hydrogen (secondary N) is 1. The zero-order valence-electron chi connectivity index (χ0n) is 25.0. The molecule has 3 aliphatic rings. The normalized spacial score (nSPS) is 21.5. The van der Waals surface area contributed by atoms with Crippen LogP contribution in [0.4, 0.5) is 14.7 Å². The van der Waals surface area contributed by atoms with Gasteiger partial charge >= 0.3 is 0 Å². The van der Waals surface area contributed by atoms with Gasteiger partial charge in [0.25, 0.3) is 6.43 Å². The number of carbonyl (C=O) groups is 2. The number of carbonyl (C=O) groups excluding carboxylic acids is 2. The smallest absolute Gasteiger partial charge is 0.296 e. The molecule has 44 heavy (non-hydrogen) atoms. The van der Waals surface area contributed by atoms with Crippen molar-refractivity contribution in [1.82, 2.24) is 29.7 Å². The Labute approximate surface area is 254 Å². The number of hydrogen-bond donors (Lipinski definition) is 1. The molecule has 0 unspecified atom stereocenters. The lowest BCUT2D eigenvalue weighted by atomic mass is 9.81. The molecule has 0 bridgehead atoms. The Kier molecular flexibility index (Phi) is 9.20. The number of imidazole rings is 1. The fourth-order valence-electron chi connectivity index (χ4n) is 6.38. The van der Waals surface area contributed by atoms with Gasteiger partial charge in [0, 0.05) is 51.1 Å². The molecule has 13 heteroatoms. The van der Waals surface area contributed by atoms with E-state index < -0.39 is 6.43 Å². The largest absolute Gasteiger partial charge is 0.477 e. The quantitative estimate of drug-likeness (QED) is 0.408. The van der Waals surface area contributed by atoms with Gasteiger partial charge in [0.1, 0.15) is 5.82 Å². The Morgan fingerprint density at radius 2 is 1.73 bits per heavy atom. The number of ether oxygens (including phenoxy) is 2. The number of fused-ring (bicyclic) bond motifs is 1. The summed E-state index contributed by atoms with van der Waals surface area (Å²) in [5, 5.41) is 3.20. The van der Waals surface area contributed by atoms with E-state index >= 15 is 0 Å².